The first-order valence-corrected chi connectivity index (χ1v) is 7.36. The Labute approximate surface area is 115 Å². The van der Waals surface area contributed by atoms with Crippen LogP contribution in [0.25, 0.3) is 0 Å². The van der Waals surface area contributed by atoms with E-state index in [0.717, 1.165) is 18.7 Å². The number of carbonyl (C=O) groups is 1. The monoisotopic (exact) mass is 260 g/mol. The number of hydrogen-bond acceptors (Lipinski definition) is 2. The lowest BCUT2D eigenvalue weighted by Gasteiger charge is -2.24. The second kappa shape index (κ2) is 7.29. The van der Waals surface area contributed by atoms with Crippen molar-refractivity contribution in [2.45, 2.75) is 38.5 Å². The zero-order chi connectivity index (χ0) is 13.5. The molecule has 1 aromatic rings. The van der Waals surface area contributed by atoms with Gasteiger partial charge in [-0.2, -0.15) is 0 Å². The minimum absolute atomic E-state index is 0.256. The highest BCUT2D eigenvalue weighted by Crippen LogP contribution is 2.29. The molecule has 2 rings (SSSR count). The van der Waals surface area contributed by atoms with Crippen LogP contribution in [0.2, 0.25) is 0 Å². The van der Waals surface area contributed by atoms with Gasteiger partial charge in [0.1, 0.15) is 0 Å². The van der Waals surface area contributed by atoms with Gasteiger partial charge in [0, 0.05) is 18.7 Å². The summed E-state index contributed by atoms with van der Waals surface area (Å²) >= 11 is 0. The second-order valence-electron chi connectivity index (χ2n) is 5.38. The lowest BCUT2D eigenvalue weighted by molar-refractivity contribution is -0.119. The van der Waals surface area contributed by atoms with E-state index in [9.17, 15) is 4.79 Å². The third-order valence-corrected chi connectivity index (χ3v) is 3.89. The fourth-order valence-electron chi connectivity index (χ4n) is 2.83. The molecule has 3 nitrogen and oxygen atoms in total. The fourth-order valence-corrected chi connectivity index (χ4v) is 2.83. The molecule has 0 bridgehead atoms. The zero-order valence-electron chi connectivity index (χ0n) is 11.6. The largest absolute Gasteiger partial charge is 0.330 e. The number of para-hydroxylation sites is 1. The molecular weight excluding hydrogens is 236 g/mol. The van der Waals surface area contributed by atoms with Crippen molar-refractivity contribution in [3.05, 3.63) is 30.3 Å². The zero-order valence-corrected chi connectivity index (χ0v) is 11.6. The molecule has 1 amide bonds. The number of carbonyl (C=O) groups excluding carboxylic acids is 1. The molecule has 1 fully saturated rings. The smallest absolute Gasteiger partial charge is 0.227 e. The van der Waals surface area contributed by atoms with E-state index in [0.29, 0.717) is 18.9 Å². The molecule has 1 aliphatic carbocycles. The summed E-state index contributed by atoms with van der Waals surface area (Å²) in [6, 6.07) is 9.94. The van der Waals surface area contributed by atoms with Crippen LogP contribution in [-0.4, -0.2) is 19.0 Å². The summed E-state index contributed by atoms with van der Waals surface area (Å²) in [6.45, 7) is 1.35. The molecule has 0 saturated heterocycles. The molecule has 1 aromatic carbocycles. The van der Waals surface area contributed by atoms with Crippen molar-refractivity contribution in [1.29, 1.82) is 0 Å². The summed E-state index contributed by atoms with van der Waals surface area (Å²) < 4.78 is 0. The predicted octanol–water partition coefficient (Wildman–Crippen LogP) is 2.95. The first-order valence-electron chi connectivity index (χ1n) is 7.36. The molecular formula is C16H24N2O. The van der Waals surface area contributed by atoms with Crippen molar-refractivity contribution in [2.24, 2.45) is 11.7 Å². The van der Waals surface area contributed by atoms with E-state index in [1.165, 1.54) is 25.7 Å². The Morgan fingerprint density at radius 3 is 2.53 bits per heavy atom. The third-order valence-electron chi connectivity index (χ3n) is 3.89. The van der Waals surface area contributed by atoms with Crippen LogP contribution < -0.4 is 10.6 Å². The van der Waals surface area contributed by atoms with Crippen LogP contribution in [0.15, 0.2) is 30.3 Å². The molecule has 0 spiro atoms. The van der Waals surface area contributed by atoms with Crippen molar-refractivity contribution in [3.63, 3.8) is 0 Å². The minimum atomic E-state index is 0.256. The maximum atomic E-state index is 12.5. The summed E-state index contributed by atoms with van der Waals surface area (Å²) in [5.74, 6) is 0.850. The molecule has 19 heavy (non-hydrogen) atoms. The SMILES string of the molecule is NCCCN(C(=O)CC1CCCC1)c1ccccc1. The number of hydrogen-bond donors (Lipinski definition) is 1. The van der Waals surface area contributed by atoms with Crippen LogP contribution in [0, 0.1) is 5.92 Å². The van der Waals surface area contributed by atoms with Gasteiger partial charge in [0.25, 0.3) is 0 Å². The van der Waals surface area contributed by atoms with Crippen molar-refractivity contribution in [3.8, 4) is 0 Å². The molecule has 0 radical (unpaired) electrons. The van der Waals surface area contributed by atoms with Gasteiger partial charge in [-0.3, -0.25) is 4.79 Å². The lowest BCUT2D eigenvalue weighted by atomic mass is 10.0. The molecule has 2 N–H and O–H groups in total. The first kappa shape index (κ1) is 14.1. The Morgan fingerprint density at radius 1 is 1.21 bits per heavy atom. The van der Waals surface area contributed by atoms with Crippen LogP contribution in [0.4, 0.5) is 5.69 Å². The minimum Gasteiger partial charge on any atom is -0.330 e. The van der Waals surface area contributed by atoms with E-state index >= 15 is 0 Å². The van der Waals surface area contributed by atoms with E-state index in [1.807, 2.05) is 35.2 Å². The fraction of sp³-hybridized carbons (Fsp3) is 0.562. The van der Waals surface area contributed by atoms with Crippen LogP contribution in [0.1, 0.15) is 38.5 Å². The predicted molar refractivity (Wildman–Crippen MR) is 79.0 cm³/mol. The average molecular weight is 260 g/mol. The summed E-state index contributed by atoms with van der Waals surface area (Å²) in [5.41, 5.74) is 6.58. The number of nitrogens with zero attached hydrogens (tertiary/aromatic N) is 1. The molecule has 0 aliphatic heterocycles. The van der Waals surface area contributed by atoms with E-state index in [4.69, 9.17) is 5.73 Å². The van der Waals surface area contributed by atoms with E-state index in [1.54, 1.807) is 0 Å². The molecule has 104 valence electrons. The maximum absolute atomic E-state index is 12.5. The summed E-state index contributed by atoms with van der Waals surface area (Å²) in [4.78, 5) is 14.4. The molecule has 1 aliphatic rings. The van der Waals surface area contributed by atoms with Gasteiger partial charge in [0.05, 0.1) is 0 Å². The number of amides is 1. The number of benzene rings is 1. The Balaban J connectivity index is 2.01. The molecule has 3 heteroatoms. The van der Waals surface area contributed by atoms with Gasteiger partial charge in [-0.05, 0) is 43.9 Å². The van der Waals surface area contributed by atoms with Gasteiger partial charge in [-0.25, -0.2) is 0 Å². The van der Waals surface area contributed by atoms with Gasteiger partial charge in [0.2, 0.25) is 5.91 Å². The van der Waals surface area contributed by atoms with Gasteiger partial charge >= 0.3 is 0 Å². The highest BCUT2D eigenvalue weighted by atomic mass is 16.2. The maximum Gasteiger partial charge on any atom is 0.227 e. The molecule has 0 unspecified atom stereocenters. The van der Waals surface area contributed by atoms with Gasteiger partial charge in [0.15, 0.2) is 0 Å². The average Bonchev–Trinajstić information content (AvgIpc) is 2.93. The Morgan fingerprint density at radius 2 is 1.89 bits per heavy atom. The highest BCUT2D eigenvalue weighted by Gasteiger charge is 2.22. The molecule has 0 atom stereocenters. The van der Waals surface area contributed by atoms with Crippen molar-refractivity contribution < 1.29 is 4.79 Å². The normalized spacial score (nSPS) is 15.6. The third kappa shape index (κ3) is 4.06. The summed E-state index contributed by atoms with van der Waals surface area (Å²) in [6.07, 6.45) is 6.54. The molecule has 0 heterocycles. The van der Waals surface area contributed by atoms with Crippen molar-refractivity contribution in [1.82, 2.24) is 0 Å². The standard InChI is InChI=1S/C16H24N2O/c17-11-6-12-18(15-9-2-1-3-10-15)16(19)13-14-7-4-5-8-14/h1-3,9-10,14H,4-8,11-13,17H2. The van der Waals surface area contributed by atoms with E-state index < -0.39 is 0 Å². The molecule has 0 aromatic heterocycles. The highest BCUT2D eigenvalue weighted by molar-refractivity contribution is 5.93. The van der Waals surface area contributed by atoms with E-state index in [-0.39, 0.29) is 5.91 Å². The van der Waals surface area contributed by atoms with Crippen molar-refractivity contribution in [2.75, 3.05) is 18.0 Å². The van der Waals surface area contributed by atoms with Crippen molar-refractivity contribution >= 4 is 11.6 Å². The van der Waals surface area contributed by atoms with Gasteiger partial charge < -0.3 is 10.6 Å². The summed E-state index contributed by atoms with van der Waals surface area (Å²) in [7, 11) is 0. The van der Waals surface area contributed by atoms with Gasteiger partial charge in [-0.15, -0.1) is 0 Å². The quantitative estimate of drug-likeness (QED) is 0.854. The number of anilines is 1. The van der Waals surface area contributed by atoms with E-state index in [2.05, 4.69) is 0 Å². The summed E-state index contributed by atoms with van der Waals surface area (Å²) in [5, 5.41) is 0. The second-order valence-corrected chi connectivity index (χ2v) is 5.38. The van der Waals surface area contributed by atoms with Crippen LogP contribution in [-0.2, 0) is 4.79 Å². The van der Waals surface area contributed by atoms with Crippen LogP contribution in [0.3, 0.4) is 0 Å². The first-order chi connectivity index (χ1) is 9.31. The lowest BCUT2D eigenvalue weighted by Crippen LogP contribution is -2.33. The van der Waals surface area contributed by atoms with Crippen LogP contribution >= 0.6 is 0 Å². The van der Waals surface area contributed by atoms with Crippen LogP contribution in [0.5, 0.6) is 0 Å². The number of rotatable bonds is 6. The Hall–Kier alpha value is -1.35. The Kier molecular flexibility index (Phi) is 5.40. The van der Waals surface area contributed by atoms with Gasteiger partial charge in [-0.1, -0.05) is 31.0 Å². The Bertz CT molecular complexity index is 385. The number of nitrogens with two attached hydrogens (primary N) is 1. The molecule has 1 saturated carbocycles. The topological polar surface area (TPSA) is 46.3 Å².